The van der Waals surface area contributed by atoms with Gasteiger partial charge in [-0.1, -0.05) is 30.3 Å². The molecule has 2 aliphatic heterocycles. The van der Waals surface area contributed by atoms with E-state index in [2.05, 4.69) is 22.3 Å². The van der Waals surface area contributed by atoms with Crippen LogP contribution in [0.25, 0.3) is 0 Å². The van der Waals surface area contributed by atoms with Crippen molar-refractivity contribution >= 4 is 5.91 Å². The molecule has 7 heteroatoms. The Morgan fingerprint density at radius 2 is 1.97 bits per heavy atom. The zero-order valence-corrected chi connectivity index (χ0v) is 16.0. The zero-order chi connectivity index (χ0) is 20.4. The first kappa shape index (κ1) is 20.0. The number of benzene rings is 2. The molecule has 2 aliphatic rings. The second kappa shape index (κ2) is 8.59. The van der Waals surface area contributed by atoms with Crippen molar-refractivity contribution in [1.82, 2.24) is 10.2 Å². The molecule has 1 fully saturated rings. The number of rotatable bonds is 5. The van der Waals surface area contributed by atoms with Crippen LogP contribution in [0.1, 0.15) is 21.5 Å². The lowest BCUT2D eigenvalue weighted by Gasteiger charge is -2.37. The molecule has 2 heterocycles. The van der Waals surface area contributed by atoms with Gasteiger partial charge in [-0.3, -0.25) is 9.69 Å². The van der Waals surface area contributed by atoms with E-state index < -0.39 is 30.0 Å². The molecule has 0 radical (unpaired) electrons. The van der Waals surface area contributed by atoms with E-state index >= 15 is 0 Å². The Labute approximate surface area is 168 Å². The summed E-state index contributed by atoms with van der Waals surface area (Å²) in [4.78, 5) is 14.5. The molecular formula is C22H25FN2O4. The minimum atomic E-state index is -0.860. The van der Waals surface area contributed by atoms with Gasteiger partial charge in [0.15, 0.2) is 0 Å². The number of aliphatic hydroxyl groups is 2. The highest BCUT2D eigenvalue weighted by Crippen LogP contribution is 2.30. The van der Waals surface area contributed by atoms with Gasteiger partial charge >= 0.3 is 0 Å². The van der Waals surface area contributed by atoms with Gasteiger partial charge in [-0.25, -0.2) is 4.39 Å². The number of hydrogen-bond acceptors (Lipinski definition) is 5. The molecule has 2 aromatic carbocycles. The monoisotopic (exact) mass is 400 g/mol. The number of carbonyl (C=O) groups excluding carboxylic acids is 1. The largest absolute Gasteiger partial charge is 0.394 e. The summed E-state index contributed by atoms with van der Waals surface area (Å²) >= 11 is 0. The van der Waals surface area contributed by atoms with Crippen molar-refractivity contribution in [2.24, 2.45) is 0 Å². The van der Waals surface area contributed by atoms with Gasteiger partial charge in [0, 0.05) is 25.2 Å². The summed E-state index contributed by atoms with van der Waals surface area (Å²) in [5.41, 5.74) is 2.73. The van der Waals surface area contributed by atoms with Gasteiger partial charge in [-0.2, -0.15) is 0 Å². The van der Waals surface area contributed by atoms with E-state index in [9.17, 15) is 19.4 Å². The van der Waals surface area contributed by atoms with Crippen molar-refractivity contribution in [1.29, 1.82) is 0 Å². The Morgan fingerprint density at radius 1 is 1.17 bits per heavy atom. The summed E-state index contributed by atoms with van der Waals surface area (Å²) in [5.74, 6) is -0.881. The Bertz CT molecular complexity index is 877. The number of hydrogen-bond donors (Lipinski definition) is 3. The number of halogens is 1. The average molecular weight is 400 g/mol. The molecule has 0 saturated carbocycles. The number of nitrogens with zero attached hydrogens (tertiary/aromatic N) is 1. The van der Waals surface area contributed by atoms with Crippen LogP contribution in [0.3, 0.4) is 0 Å². The fraction of sp³-hybridized carbons (Fsp3) is 0.409. The lowest BCUT2D eigenvalue weighted by molar-refractivity contribution is -0.0209. The molecule has 0 aromatic heterocycles. The summed E-state index contributed by atoms with van der Waals surface area (Å²) < 4.78 is 19.2. The maximum atomic E-state index is 13.4. The SMILES string of the molecule is O=C(NC[C@H]1O[C@@H](CO)[C@@H](O)[C@H]1N1CCc2ccccc2C1)c1cccc(F)c1. The first-order valence-electron chi connectivity index (χ1n) is 9.86. The number of aliphatic hydroxyl groups excluding tert-OH is 2. The highest BCUT2D eigenvalue weighted by atomic mass is 19.1. The minimum Gasteiger partial charge on any atom is -0.394 e. The maximum Gasteiger partial charge on any atom is 0.251 e. The van der Waals surface area contributed by atoms with Gasteiger partial charge < -0.3 is 20.3 Å². The van der Waals surface area contributed by atoms with Crippen molar-refractivity contribution < 1.29 is 24.1 Å². The van der Waals surface area contributed by atoms with Crippen LogP contribution < -0.4 is 5.32 Å². The van der Waals surface area contributed by atoms with Gasteiger partial charge in [0.05, 0.1) is 18.8 Å². The standard InChI is InChI=1S/C22H25FN2O4/c23-17-7-3-6-15(10-17)22(28)24-11-18-20(21(27)19(13-26)29-18)25-9-8-14-4-1-2-5-16(14)12-25/h1-7,10,18-21,26-27H,8-9,11-13H2,(H,24,28)/t18-,19+,20+,21-/m1/s1. The average Bonchev–Trinajstić information content (AvgIpc) is 3.07. The molecule has 0 bridgehead atoms. The molecule has 6 nitrogen and oxygen atoms in total. The molecule has 29 heavy (non-hydrogen) atoms. The fourth-order valence-corrected chi connectivity index (χ4v) is 4.29. The molecule has 0 spiro atoms. The first-order valence-corrected chi connectivity index (χ1v) is 9.86. The van der Waals surface area contributed by atoms with Crippen LogP contribution in [0.15, 0.2) is 48.5 Å². The topological polar surface area (TPSA) is 82.0 Å². The zero-order valence-electron chi connectivity index (χ0n) is 16.0. The smallest absolute Gasteiger partial charge is 0.251 e. The predicted molar refractivity (Wildman–Crippen MR) is 105 cm³/mol. The molecule has 154 valence electrons. The van der Waals surface area contributed by atoms with Crippen LogP contribution in [0.5, 0.6) is 0 Å². The Balaban J connectivity index is 1.47. The van der Waals surface area contributed by atoms with E-state index in [1.807, 2.05) is 12.1 Å². The van der Waals surface area contributed by atoms with Crippen molar-refractivity contribution in [2.45, 2.75) is 37.3 Å². The number of fused-ring (bicyclic) bond motifs is 1. The predicted octanol–water partition coefficient (Wildman–Crippen LogP) is 1.10. The van der Waals surface area contributed by atoms with Crippen molar-refractivity contribution in [3.63, 3.8) is 0 Å². The van der Waals surface area contributed by atoms with E-state index in [0.29, 0.717) is 6.54 Å². The van der Waals surface area contributed by atoms with Crippen molar-refractivity contribution in [2.75, 3.05) is 19.7 Å². The molecule has 0 aliphatic carbocycles. The molecule has 0 unspecified atom stereocenters. The van der Waals surface area contributed by atoms with E-state index in [-0.39, 0.29) is 24.8 Å². The highest BCUT2D eigenvalue weighted by molar-refractivity contribution is 5.94. The van der Waals surface area contributed by atoms with E-state index in [0.717, 1.165) is 13.0 Å². The lowest BCUT2D eigenvalue weighted by atomic mass is 9.95. The summed E-state index contributed by atoms with van der Waals surface area (Å²) in [6, 6.07) is 13.3. The van der Waals surface area contributed by atoms with Crippen LogP contribution >= 0.6 is 0 Å². The second-order valence-electron chi connectivity index (χ2n) is 7.59. The van der Waals surface area contributed by atoms with E-state index in [4.69, 9.17) is 4.74 Å². The Kier molecular flexibility index (Phi) is 5.91. The van der Waals surface area contributed by atoms with Crippen LogP contribution in [0, 0.1) is 5.82 Å². The molecule has 4 atom stereocenters. The quantitative estimate of drug-likeness (QED) is 0.700. The van der Waals surface area contributed by atoms with Crippen molar-refractivity contribution in [3.8, 4) is 0 Å². The van der Waals surface area contributed by atoms with Crippen LogP contribution in [-0.2, 0) is 17.7 Å². The van der Waals surface area contributed by atoms with Crippen LogP contribution in [0.2, 0.25) is 0 Å². The van der Waals surface area contributed by atoms with Gasteiger partial charge in [-0.15, -0.1) is 0 Å². The lowest BCUT2D eigenvalue weighted by Crippen LogP contribution is -2.52. The summed E-state index contributed by atoms with van der Waals surface area (Å²) in [7, 11) is 0. The van der Waals surface area contributed by atoms with Gasteiger partial charge in [-0.05, 0) is 35.7 Å². The van der Waals surface area contributed by atoms with Gasteiger partial charge in [0.1, 0.15) is 18.0 Å². The fourth-order valence-electron chi connectivity index (χ4n) is 4.29. The number of ether oxygens (including phenoxy) is 1. The maximum absolute atomic E-state index is 13.4. The molecule has 1 saturated heterocycles. The van der Waals surface area contributed by atoms with Crippen LogP contribution in [0.4, 0.5) is 4.39 Å². The number of nitrogens with one attached hydrogen (secondary N) is 1. The third-order valence-corrected chi connectivity index (χ3v) is 5.77. The number of amides is 1. The third-order valence-electron chi connectivity index (χ3n) is 5.77. The number of carbonyl (C=O) groups is 1. The van der Waals surface area contributed by atoms with Crippen LogP contribution in [-0.4, -0.2) is 65.1 Å². The normalized spacial score (nSPS) is 26.9. The summed E-state index contributed by atoms with van der Waals surface area (Å²) in [6.07, 6.45) is -1.18. The summed E-state index contributed by atoms with van der Waals surface area (Å²) in [5, 5.41) is 23.1. The third kappa shape index (κ3) is 4.18. The highest BCUT2D eigenvalue weighted by Gasteiger charge is 2.46. The molecule has 4 rings (SSSR count). The minimum absolute atomic E-state index is 0.158. The van der Waals surface area contributed by atoms with Gasteiger partial charge in [0.25, 0.3) is 5.91 Å². The molecular weight excluding hydrogens is 375 g/mol. The Morgan fingerprint density at radius 3 is 2.72 bits per heavy atom. The van der Waals surface area contributed by atoms with E-state index in [1.54, 1.807) is 6.07 Å². The molecule has 3 N–H and O–H groups in total. The van der Waals surface area contributed by atoms with E-state index in [1.165, 1.54) is 29.3 Å². The molecule has 1 amide bonds. The Hall–Kier alpha value is -2.32. The first-order chi connectivity index (χ1) is 14.1. The molecule has 2 aromatic rings. The van der Waals surface area contributed by atoms with Crippen molar-refractivity contribution in [3.05, 3.63) is 71.0 Å². The van der Waals surface area contributed by atoms with Gasteiger partial charge in [0.2, 0.25) is 0 Å². The summed E-state index contributed by atoms with van der Waals surface area (Å²) in [6.45, 7) is 1.30. The second-order valence-corrected chi connectivity index (χ2v) is 7.59.